The van der Waals surface area contributed by atoms with E-state index in [-0.39, 0.29) is 5.91 Å². The number of aliphatic hydroxyl groups is 1. The third kappa shape index (κ3) is 3.34. The molecule has 1 unspecified atom stereocenters. The lowest BCUT2D eigenvalue weighted by atomic mass is 10.0. The zero-order valence-electron chi connectivity index (χ0n) is 14.0. The van der Waals surface area contributed by atoms with Gasteiger partial charge in [0.2, 0.25) is 5.91 Å². The first-order valence-corrected chi connectivity index (χ1v) is 8.18. The molecular formula is C20H22N2O2. The maximum atomic E-state index is 11.2. The Bertz CT molecular complexity index is 851. The van der Waals surface area contributed by atoms with Gasteiger partial charge in [-0.3, -0.25) is 4.79 Å². The van der Waals surface area contributed by atoms with Crippen molar-refractivity contribution < 1.29 is 9.90 Å². The van der Waals surface area contributed by atoms with Crippen LogP contribution in [0.1, 0.15) is 31.1 Å². The number of nitrogens with one attached hydrogen (secondary N) is 2. The molecule has 0 spiro atoms. The van der Waals surface area contributed by atoms with Crippen LogP contribution in [0.2, 0.25) is 0 Å². The number of carbonyl (C=O) groups is 1. The van der Waals surface area contributed by atoms with E-state index in [1.807, 2.05) is 36.4 Å². The predicted octanol–water partition coefficient (Wildman–Crippen LogP) is 3.57. The van der Waals surface area contributed by atoms with Crippen LogP contribution >= 0.6 is 0 Å². The van der Waals surface area contributed by atoms with Gasteiger partial charge >= 0.3 is 0 Å². The standard InChI is InChI=1S/C20H22N2O2/c1-13(23)16-8-9-19-18(12-16)17(10-11-21-14(2)24)20(22-19)15-6-4-3-5-7-15/h3-9,12-13,22-23H,10-11H2,1-2H3,(H,21,24). The third-order valence-corrected chi connectivity index (χ3v) is 4.22. The molecule has 3 rings (SSSR count). The lowest BCUT2D eigenvalue weighted by Crippen LogP contribution is -2.22. The number of fused-ring (bicyclic) bond motifs is 1. The second-order valence-electron chi connectivity index (χ2n) is 6.06. The first kappa shape index (κ1) is 16.3. The summed E-state index contributed by atoms with van der Waals surface area (Å²) in [5.41, 5.74) is 5.27. The largest absolute Gasteiger partial charge is 0.389 e. The van der Waals surface area contributed by atoms with Gasteiger partial charge in [0.15, 0.2) is 0 Å². The Kier molecular flexibility index (Phi) is 4.67. The van der Waals surface area contributed by atoms with Gasteiger partial charge in [-0.25, -0.2) is 0 Å². The summed E-state index contributed by atoms with van der Waals surface area (Å²) in [5.74, 6) is -0.0271. The summed E-state index contributed by atoms with van der Waals surface area (Å²) < 4.78 is 0. The van der Waals surface area contributed by atoms with Crippen LogP contribution in [-0.2, 0) is 11.2 Å². The Labute approximate surface area is 141 Å². The Morgan fingerprint density at radius 1 is 1.21 bits per heavy atom. The molecule has 1 atom stereocenters. The first-order valence-electron chi connectivity index (χ1n) is 8.18. The SMILES string of the molecule is CC(=O)NCCc1c(-c2ccccc2)[nH]c2ccc(C(C)O)cc12. The number of amides is 1. The number of aromatic amines is 1. The molecule has 0 saturated heterocycles. The van der Waals surface area contributed by atoms with E-state index < -0.39 is 6.10 Å². The fraction of sp³-hybridized carbons (Fsp3) is 0.250. The first-order chi connectivity index (χ1) is 11.6. The highest BCUT2D eigenvalue weighted by atomic mass is 16.3. The van der Waals surface area contributed by atoms with Crippen molar-refractivity contribution in [3.8, 4) is 11.3 Å². The predicted molar refractivity (Wildman–Crippen MR) is 96.8 cm³/mol. The number of benzene rings is 2. The molecule has 1 amide bonds. The average Bonchev–Trinajstić information content (AvgIpc) is 2.93. The summed E-state index contributed by atoms with van der Waals surface area (Å²) in [4.78, 5) is 14.7. The van der Waals surface area contributed by atoms with Gasteiger partial charge in [-0.1, -0.05) is 36.4 Å². The molecule has 0 saturated carbocycles. The van der Waals surface area contributed by atoms with Gasteiger partial charge in [0, 0.05) is 30.1 Å². The Morgan fingerprint density at radius 2 is 1.96 bits per heavy atom. The van der Waals surface area contributed by atoms with Gasteiger partial charge in [-0.15, -0.1) is 0 Å². The van der Waals surface area contributed by atoms with E-state index in [2.05, 4.69) is 22.4 Å². The molecule has 0 bridgehead atoms. The summed E-state index contributed by atoms with van der Waals surface area (Å²) in [6, 6.07) is 16.1. The summed E-state index contributed by atoms with van der Waals surface area (Å²) in [5, 5.41) is 13.8. The molecule has 0 radical (unpaired) electrons. The summed E-state index contributed by atoms with van der Waals surface area (Å²) in [6.07, 6.45) is 0.222. The second kappa shape index (κ2) is 6.89. The Balaban J connectivity index is 2.09. The minimum Gasteiger partial charge on any atom is -0.389 e. The van der Waals surface area contributed by atoms with Gasteiger partial charge in [0.05, 0.1) is 6.10 Å². The number of hydrogen-bond acceptors (Lipinski definition) is 2. The fourth-order valence-electron chi connectivity index (χ4n) is 3.00. The van der Waals surface area contributed by atoms with Crippen LogP contribution in [0.5, 0.6) is 0 Å². The minimum absolute atomic E-state index is 0.0271. The second-order valence-corrected chi connectivity index (χ2v) is 6.06. The van der Waals surface area contributed by atoms with Crippen LogP contribution in [0.25, 0.3) is 22.2 Å². The summed E-state index contributed by atoms with van der Waals surface area (Å²) >= 11 is 0. The van der Waals surface area contributed by atoms with Crippen LogP contribution in [0, 0.1) is 0 Å². The molecule has 3 aromatic rings. The highest BCUT2D eigenvalue weighted by Crippen LogP contribution is 2.32. The Morgan fingerprint density at radius 3 is 2.62 bits per heavy atom. The van der Waals surface area contributed by atoms with E-state index >= 15 is 0 Å². The van der Waals surface area contributed by atoms with Gasteiger partial charge in [0.25, 0.3) is 0 Å². The van der Waals surface area contributed by atoms with E-state index in [0.29, 0.717) is 6.54 Å². The van der Waals surface area contributed by atoms with Crippen molar-refractivity contribution in [2.24, 2.45) is 0 Å². The van der Waals surface area contributed by atoms with Crippen molar-refractivity contribution in [2.75, 3.05) is 6.54 Å². The molecule has 24 heavy (non-hydrogen) atoms. The summed E-state index contributed by atoms with van der Waals surface area (Å²) in [6.45, 7) is 3.88. The zero-order valence-corrected chi connectivity index (χ0v) is 14.0. The Hall–Kier alpha value is -2.59. The van der Waals surface area contributed by atoms with Crippen LogP contribution in [0.15, 0.2) is 48.5 Å². The molecule has 0 aliphatic heterocycles. The average molecular weight is 322 g/mol. The molecule has 0 aliphatic rings. The molecule has 3 N–H and O–H groups in total. The van der Waals surface area contributed by atoms with E-state index in [4.69, 9.17) is 0 Å². The lowest BCUT2D eigenvalue weighted by Gasteiger charge is -2.08. The lowest BCUT2D eigenvalue weighted by molar-refractivity contribution is -0.118. The van der Waals surface area contributed by atoms with E-state index in [0.717, 1.165) is 39.7 Å². The van der Waals surface area contributed by atoms with Crippen molar-refractivity contribution in [3.05, 3.63) is 59.7 Å². The summed E-state index contributed by atoms with van der Waals surface area (Å²) in [7, 11) is 0. The number of hydrogen-bond donors (Lipinski definition) is 3. The molecule has 0 aliphatic carbocycles. The van der Waals surface area contributed by atoms with Crippen LogP contribution < -0.4 is 5.32 Å². The molecule has 4 heteroatoms. The van der Waals surface area contributed by atoms with Gasteiger partial charge in [0.1, 0.15) is 0 Å². The highest BCUT2D eigenvalue weighted by Gasteiger charge is 2.14. The number of aliphatic hydroxyl groups excluding tert-OH is 1. The van der Waals surface area contributed by atoms with Crippen molar-refractivity contribution in [1.29, 1.82) is 0 Å². The number of rotatable bonds is 5. The molecular weight excluding hydrogens is 300 g/mol. The maximum Gasteiger partial charge on any atom is 0.216 e. The van der Waals surface area contributed by atoms with Crippen LogP contribution in [-0.4, -0.2) is 22.5 Å². The molecule has 4 nitrogen and oxygen atoms in total. The monoisotopic (exact) mass is 322 g/mol. The number of H-pyrrole nitrogens is 1. The quantitative estimate of drug-likeness (QED) is 0.672. The smallest absolute Gasteiger partial charge is 0.216 e. The molecule has 1 aromatic heterocycles. The molecule has 2 aromatic carbocycles. The van der Waals surface area contributed by atoms with Crippen molar-refractivity contribution in [3.63, 3.8) is 0 Å². The van der Waals surface area contributed by atoms with Gasteiger partial charge in [-0.05, 0) is 42.2 Å². The zero-order chi connectivity index (χ0) is 17.1. The number of aromatic nitrogens is 1. The van der Waals surface area contributed by atoms with E-state index in [1.54, 1.807) is 6.92 Å². The molecule has 1 heterocycles. The third-order valence-electron chi connectivity index (χ3n) is 4.22. The topological polar surface area (TPSA) is 65.1 Å². The fourth-order valence-corrected chi connectivity index (χ4v) is 3.00. The van der Waals surface area contributed by atoms with Gasteiger partial charge in [-0.2, -0.15) is 0 Å². The van der Waals surface area contributed by atoms with E-state index in [9.17, 15) is 9.90 Å². The van der Waals surface area contributed by atoms with E-state index in [1.165, 1.54) is 6.92 Å². The van der Waals surface area contributed by atoms with Crippen molar-refractivity contribution in [2.45, 2.75) is 26.4 Å². The number of carbonyl (C=O) groups excluding carboxylic acids is 1. The van der Waals surface area contributed by atoms with Crippen LogP contribution in [0.3, 0.4) is 0 Å². The van der Waals surface area contributed by atoms with Crippen LogP contribution in [0.4, 0.5) is 0 Å². The molecule has 0 fully saturated rings. The van der Waals surface area contributed by atoms with Crippen molar-refractivity contribution >= 4 is 16.8 Å². The minimum atomic E-state index is -0.507. The maximum absolute atomic E-state index is 11.2. The normalized spacial score (nSPS) is 12.3. The highest BCUT2D eigenvalue weighted by molar-refractivity contribution is 5.91. The molecule has 124 valence electrons. The van der Waals surface area contributed by atoms with Gasteiger partial charge < -0.3 is 15.4 Å². The van der Waals surface area contributed by atoms with Crippen molar-refractivity contribution in [1.82, 2.24) is 10.3 Å².